The Balaban J connectivity index is 1.95. The number of benzene rings is 1. The van der Waals surface area contributed by atoms with Crippen LogP contribution >= 0.6 is 11.6 Å². The Labute approximate surface area is 92.8 Å². The van der Waals surface area contributed by atoms with Gasteiger partial charge in [-0.15, -0.1) is 0 Å². The number of hydrogen-bond acceptors (Lipinski definition) is 2. The Hall–Kier alpha value is -1.22. The Bertz CT molecular complexity index is 429. The summed E-state index contributed by atoms with van der Waals surface area (Å²) in [5, 5.41) is 6.84. The number of carbonyl (C=O) groups is 1. The molecule has 3 nitrogen and oxygen atoms in total. The molecule has 0 aromatic heterocycles. The molecule has 4 heteroatoms. The molecule has 3 rings (SSSR count). The summed E-state index contributed by atoms with van der Waals surface area (Å²) in [5.41, 5.74) is 1.75. The monoisotopic (exact) mass is 222 g/mol. The molecule has 1 aromatic rings. The number of halogens is 1. The highest BCUT2D eigenvalue weighted by Crippen LogP contribution is 2.39. The number of carbonyl (C=O) groups excluding carboxylic acids is 1. The Morgan fingerprint density at radius 1 is 1.27 bits per heavy atom. The zero-order valence-corrected chi connectivity index (χ0v) is 8.84. The number of rotatable bonds is 1. The summed E-state index contributed by atoms with van der Waals surface area (Å²) < 4.78 is 0. The van der Waals surface area contributed by atoms with Gasteiger partial charge < -0.3 is 10.6 Å². The lowest BCUT2D eigenvalue weighted by Gasteiger charge is -2.26. The zero-order valence-electron chi connectivity index (χ0n) is 8.09. The molecular weight excluding hydrogens is 212 g/mol. The minimum Gasteiger partial charge on any atom is -0.372 e. The lowest BCUT2D eigenvalue weighted by atomic mass is 10.1. The van der Waals surface area contributed by atoms with Crippen molar-refractivity contribution >= 4 is 28.9 Å². The van der Waals surface area contributed by atoms with Gasteiger partial charge in [0, 0.05) is 5.02 Å². The molecule has 15 heavy (non-hydrogen) atoms. The van der Waals surface area contributed by atoms with Crippen LogP contribution in [-0.2, 0) is 4.79 Å². The smallest absolute Gasteiger partial charge is 0.247 e. The van der Waals surface area contributed by atoms with Crippen LogP contribution < -0.4 is 10.6 Å². The van der Waals surface area contributed by atoms with Crippen LogP contribution in [0.25, 0.3) is 0 Å². The summed E-state index contributed by atoms with van der Waals surface area (Å²) >= 11 is 5.90. The summed E-state index contributed by atoms with van der Waals surface area (Å²) in [6.45, 7) is 0. The van der Waals surface area contributed by atoms with Gasteiger partial charge in [-0.05, 0) is 37.0 Å². The van der Waals surface area contributed by atoms with Crippen molar-refractivity contribution < 1.29 is 4.79 Å². The Morgan fingerprint density at radius 2 is 2.07 bits per heavy atom. The van der Waals surface area contributed by atoms with Gasteiger partial charge in [0.1, 0.15) is 6.04 Å². The van der Waals surface area contributed by atoms with Gasteiger partial charge in [-0.2, -0.15) is 0 Å². The van der Waals surface area contributed by atoms with Crippen molar-refractivity contribution in [2.75, 3.05) is 10.6 Å². The lowest BCUT2D eigenvalue weighted by Crippen LogP contribution is -2.40. The van der Waals surface area contributed by atoms with Crippen LogP contribution in [0.1, 0.15) is 12.8 Å². The Morgan fingerprint density at radius 3 is 2.80 bits per heavy atom. The van der Waals surface area contributed by atoms with Crippen molar-refractivity contribution in [1.82, 2.24) is 0 Å². The van der Waals surface area contributed by atoms with Crippen molar-refractivity contribution in [2.24, 2.45) is 5.92 Å². The zero-order chi connectivity index (χ0) is 10.4. The third-order valence-electron chi connectivity index (χ3n) is 2.93. The van der Waals surface area contributed by atoms with E-state index in [4.69, 9.17) is 11.6 Å². The normalized spacial score (nSPS) is 24.1. The van der Waals surface area contributed by atoms with Gasteiger partial charge in [0.05, 0.1) is 11.4 Å². The maximum absolute atomic E-state index is 11.7. The second-order valence-electron chi connectivity index (χ2n) is 4.14. The summed E-state index contributed by atoms with van der Waals surface area (Å²) in [4.78, 5) is 11.7. The first-order chi connectivity index (χ1) is 7.24. The molecule has 1 heterocycles. The predicted octanol–water partition coefficient (Wildman–Crippen LogP) is 2.48. The topological polar surface area (TPSA) is 41.1 Å². The Kier molecular flexibility index (Phi) is 1.89. The van der Waals surface area contributed by atoms with Crippen molar-refractivity contribution in [3.8, 4) is 0 Å². The number of amides is 1. The van der Waals surface area contributed by atoms with E-state index in [1.165, 1.54) is 0 Å². The van der Waals surface area contributed by atoms with Crippen LogP contribution in [0.2, 0.25) is 5.02 Å². The van der Waals surface area contributed by atoms with E-state index in [1.807, 2.05) is 12.1 Å². The number of hydrogen-bond donors (Lipinski definition) is 2. The molecular formula is C11H11ClN2O. The average molecular weight is 223 g/mol. The van der Waals surface area contributed by atoms with Gasteiger partial charge in [-0.1, -0.05) is 11.6 Å². The SMILES string of the molecule is O=C1Nc2ccc(Cl)cc2NC1C1CC1. The fourth-order valence-corrected chi connectivity index (χ4v) is 2.12. The maximum Gasteiger partial charge on any atom is 0.247 e. The van der Waals surface area contributed by atoms with E-state index in [-0.39, 0.29) is 11.9 Å². The average Bonchev–Trinajstić information content (AvgIpc) is 3.01. The number of anilines is 2. The van der Waals surface area contributed by atoms with Gasteiger partial charge in [0.15, 0.2) is 0 Å². The maximum atomic E-state index is 11.7. The van der Waals surface area contributed by atoms with Crippen LogP contribution in [0.4, 0.5) is 11.4 Å². The fraction of sp³-hybridized carbons (Fsp3) is 0.364. The van der Waals surface area contributed by atoms with Gasteiger partial charge in [0.25, 0.3) is 0 Å². The lowest BCUT2D eigenvalue weighted by molar-refractivity contribution is -0.117. The van der Waals surface area contributed by atoms with E-state index in [2.05, 4.69) is 10.6 Å². The van der Waals surface area contributed by atoms with E-state index in [9.17, 15) is 4.79 Å². The first kappa shape index (κ1) is 9.04. The minimum absolute atomic E-state index is 0.0732. The molecule has 1 aliphatic carbocycles. The summed E-state index contributed by atoms with van der Waals surface area (Å²) in [6, 6.07) is 5.38. The van der Waals surface area contributed by atoms with Gasteiger partial charge in [-0.25, -0.2) is 0 Å². The molecule has 0 saturated heterocycles. The van der Waals surface area contributed by atoms with E-state index in [0.717, 1.165) is 24.2 Å². The molecule has 1 aliphatic heterocycles. The van der Waals surface area contributed by atoms with Crippen molar-refractivity contribution in [2.45, 2.75) is 18.9 Å². The molecule has 1 aromatic carbocycles. The predicted molar refractivity (Wildman–Crippen MR) is 60.2 cm³/mol. The van der Waals surface area contributed by atoms with Crippen LogP contribution in [-0.4, -0.2) is 11.9 Å². The van der Waals surface area contributed by atoms with Crippen LogP contribution in [0.15, 0.2) is 18.2 Å². The molecule has 0 spiro atoms. The van der Waals surface area contributed by atoms with Crippen molar-refractivity contribution in [3.63, 3.8) is 0 Å². The van der Waals surface area contributed by atoms with Gasteiger partial charge in [-0.3, -0.25) is 4.79 Å². The molecule has 78 valence electrons. The summed E-state index contributed by atoms with van der Waals surface area (Å²) in [7, 11) is 0. The second kappa shape index (κ2) is 3.14. The molecule has 1 atom stereocenters. The van der Waals surface area contributed by atoms with Crippen LogP contribution in [0, 0.1) is 5.92 Å². The molecule has 1 amide bonds. The van der Waals surface area contributed by atoms with Gasteiger partial charge >= 0.3 is 0 Å². The van der Waals surface area contributed by atoms with Crippen molar-refractivity contribution in [3.05, 3.63) is 23.2 Å². The van der Waals surface area contributed by atoms with E-state index >= 15 is 0 Å². The molecule has 0 radical (unpaired) electrons. The molecule has 1 fully saturated rings. The highest BCUT2D eigenvalue weighted by Gasteiger charge is 2.38. The fourth-order valence-electron chi connectivity index (χ4n) is 1.95. The number of fused-ring (bicyclic) bond motifs is 1. The first-order valence-electron chi connectivity index (χ1n) is 5.11. The summed E-state index contributed by atoms with van der Waals surface area (Å²) in [6.07, 6.45) is 2.28. The van der Waals surface area contributed by atoms with Gasteiger partial charge in [0.2, 0.25) is 5.91 Å². The van der Waals surface area contributed by atoms with Crippen LogP contribution in [0.3, 0.4) is 0 Å². The molecule has 2 N–H and O–H groups in total. The largest absolute Gasteiger partial charge is 0.372 e. The minimum atomic E-state index is -0.0732. The molecule has 2 aliphatic rings. The first-order valence-corrected chi connectivity index (χ1v) is 5.49. The highest BCUT2D eigenvalue weighted by atomic mass is 35.5. The summed E-state index contributed by atoms with van der Waals surface area (Å²) in [5.74, 6) is 0.574. The van der Waals surface area contributed by atoms with Crippen molar-refractivity contribution in [1.29, 1.82) is 0 Å². The van der Waals surface area contributed by atoms with E-state index < -0.39 is 0 Å². The van der Waals surface area contributed by atoms with Crippen LogP contribution in [0.5, 0.6) is 0 Å². The standard InChI is InChI=1S/C11H11ClN2O/c12-7-3-4-8-9(5-7)13-10(6-1-2-6)11(15)14-8/h3-6,10,13H,1-2H2,(H,14,15). The highest BCUT2D eigenvalue weighted by molar-refractivity contribution is 6.31. The van der Waals surface area contributed by atoms with E-state index in [1.54, 1.807) is 6.07 Å². The molecule has 1 unspecified atom stereocenters. The molecule has 0 bridgehead atoms. The third kappa shape index (κ3) is 1.57. The molecule has 1 saturated carbocycles. The third-order valence-corrected chi connectivity index (χ3v) is 3.16. The second-order valence-corrected chi connectivity index (χ2v) is 4.58. The van der Waals surface area contributed by atoms with E-state index in [0.29, 0.717) is 10.9 Å². The quantitative estimate of drug-likeness (QED) is 0.767. The number of nitrogens with one attached hydrogen (secondary N) is 2.